The quantitative estimate of drug-likeness (QED) is 0.0580. The van der Waals surface area contributed by atoms with Gasteiger partial charge in [0.15, 0.2) is 6.61 Å². The van der Waals surface area contributed by atoms with Crippen molar-refractivity contribution in [1.29, 1.82) is 0 Å². The maximum atomic E-state index is 12.3. The zero-order valence-corrected chi connectivity index (χ0v) is 23.7. The van der Waals surface area contributed by atoms with E-state index < -0.39 is 5.97 Å². The van der Waals surface area contributed by atoms with Crippen LogP contribution in [0.15, 0.2) is 41.7 Å². The van der Waals surface area contributed by atoms with Crippen molar-refractivity contribution in [3.05, 3.63) is 41.7 Å². The molecule has 1 aliphatic heterocycles. The van der Waals surface area contributed by atoms with E-state index in [-0.39, 0.29) is 18.0 Å². The fraction of sp³-hybridized carbons (Fsp3) is 0.613. The molecule has 0 saturated carbocycles. The minimum atomic E-state index is -0.612. The van der Waals surface area contributed by atoms with E-state index in [4.69, 9.17) is 14.2 Å². The molecule has 7 nitrogen and oxygen atoms in total. The Morgan fingerprint density at radius 3 is 2.08 bits per heavy atom. The molecule has 2 rings (SSSR count). The maximum absolute atomic E-state index is 12.3. The molecule has 1 fully saturated rings. The first kappa shape index (κ1) is 31.3. The van der Waals surface area contributed by atoms with Gasteiger partial charge in [0.1, 0.15) is 22.9 Å². The number of nitrogens with one attached hydrogen (secondary N) is 2. The number of ether oxygens (including phenoxy) is 3. The molecule has 2 N–H and O–H groups in total. The molecule has 0 amide bonds. The van der Waals surface area contributed by atoms with Crippen molar-refractivity contribution in [2.45, 2.75) is 96.8 Å². The van der Waals surface area contributed by atoms with E-state index >= 15 is 0 Å². The van der Waals surface area contributed by atoms with Crippen LogP contribution in [0.25, 0.3) is 0 Å². The van der Waals surface area contributed by atoms with Crippen LogP contribution in [-0.4, -0.2) is 39.1 Å². The molecule has 1 aromatic rings. The van der Waals surface area contributed by atoms with Crippen LogP contribution in [0.2, 0.25) is 0 Å². The van der Waals surface area contributed by atoms with E-state index in [0.717, 1.165) is 12.8 Å². The first-order chi connectivity index (χ1) is 18.6. The van der Waals surface area contributed by atoms with Crippen molar-refractivity contribution in [1.82, 2.24) is 5.32 Å². The smallest absolute Gasteiger partial charge is 0.346 e. The van der Waals surface area contributed by atoms with Crippen molar-refractivity contribution < 1.29 is 23.8 Å². The third-order valence-electron chi connectivity index (χ3n) is 6.73. The van der Waals surface area contributed by atoms with Gasteiger partial charge in [-0.2, -0.15) is 0 Å². The number of ketones is 1. The Labute approximate surface area is 229 Å². The highest BCUT2D eigenvalue weighted by atomic mass is 16.5. The predicted octanol–water partition coefficient (Wildman–Crippen LogP) is 7.08. The average Bonchev–Trinajstić information content (AvgIpc) is 3.27. The zero-order chi connectivity index (χ0) is 27.4. The third kappa shape index (κ3) is 11.6. The second-order valence-corrected chi connectivity index (χ2v) is 9.81. The van der Waals surface area contributed by atoms with Crippen LogP contribution < -0.4 is 20.1 Å². The highest BCUT2D eigenvalue weighted by Crippen LogP contribution is 2.30. The monoisotopic (exact) mass is 528 g/mol. The van der Waals surface area contributed by atoms with E-state index in [1.807, 2.05) is 0 Å². The Morgan fingerprint density at radius 2 is 1.50 bits per heavy atom. The molecular formula is C31H48N2O5. The number of methoxy groups -OCH3 is 2. The molecule has 0 aromatic heterocycles. The molecule has 0 unspecified atom stereocenters. The van der Waals surface area contributed by atoms with Gasteiger partial charge in [0.25, 0.3) is 0 Å². The molecule has 0 aliphatic carbocycles. The van der Waals surface area contributed by atoms with Gasteiger partial charge >= 0.3 is 5.97 Å². The average molecular weight is 529 g/mol. The number of cyclic esters (lactones) is 1. The van der Waals surface area contributed by atoms with Gasteiger partial charge in [0, 0.05) is 12.6 Å². The van der Waals surface area contributed by atoms with Gasteiger partial charge in [-0.1, -0.05) is 76.9 Å². The number of anilines is 1. The molecule has 0 atom stereocenters. The number of hydrogen-bond donors (Lipinski definition) is 2. The van der Waals surface area contributed by atoms with Crippen LogP contribution in [0, 0.1) is 0 Å². The molecular weight excluding hydrogens is 480 g/mol. The Balaban J connectivity index is 1.67. The second-order valence-electron chi connectivity index (χ2n) is 9.81. The summed E-state index contributed by atoms with van der Waals surface area (Å²) in [6.07, 6.45) is 22.2. The Kier molecular flexibility index (Phi) is 15.8. The zero-order valence-electron chi connectivity index (χ0n) is 23.7. The summed E-state index contributed by atoms with van der Waals surface area (Å²) >= 11 is 0. The summed E-state index contributed by atoms with van der Waals surface area (Å²) in [5, 5.41) is 6.42. The lowest BCUT2D eigenvalue weighted by Crippen LogP contribution is -2.26. The summed E-state index contributed by atoms with van der Waals surface area (Å²) in [7, 11) is 3.14. The summed E-state index contributed by atoms with van der Waals surface area (Å²) < 4.78 is 15.6. The Morgan fingerprint density at radius 1 is 0.868 bits per heavy atom. The summed E-state index contributed by atoms with van der Waals surface area (Å²) in [6.45, 7) is 2.68. The second kappa shape index (κ2) is 19.2. The molecule has 1 saturated heterocycles. The van der Waals surface area contributed by atoms with Crippen molar-refractivity contribution in [3.8, 4) is 11.5 Å². The van der Waals surface area contributed by atoms with Crippen LogP contribution in [-0.2, 0) is 14.3 Å². The summed E-state index contributed by atoms with van der Waals surface area (Å²) in [5.74, 6) is 0.598. The van der Waals surface area contributed by atoms with Crippen LogP contribution in [0.4, 0.5) is 5.69 Å². The van der Waals surface area contributed by atoms with E-state index in [2.05, 4.69) is 29.7 Å². The van der Waals surface area contributed by atoms with Crippen molar-refractivity contribution in [2.24, 2.45) is 0 Å². The molecule has 38 heavy (non-hydrogen) atoms. The standard InChI is InChI=1S/C31H48N2O5/c1-4-5-6-7-8-9-10-11-12-13-14-15-16-17-18-19-22-32-30(29-27(34)24-38-31(29)35)33-26-21-20-25(36-2)23-28(26)37-3/h11-12,20-21,23,32-33H,4-10,13-19,22,24H2,1-3H3. The van der Waals surface area contributed by atoms with Gasteiger partial charge < -0.3 is 24.8 Å². The highest BCUT2D eigenvalue weighted by molar-refractivity contribution is 6.22. The fourth-order valence-electron chi connectivity index (χ4n) is 4.45. The van der Waals surface area contributed by atoms with E-state index in [1.54, 1.807) is 32.4 Å². The number of rotatable bonds is 21. The fourth-order valence-corrected chi connectivity index (χ4v) is 4.45. The number of allylic oxidation sites excluding steroid dienone is 2. The Bertz CT molecular complexity index is 892. The number of benzene rings is 1. The lowest BCUT2D eigenvalue weighted by molar-refractivity contribution is -0.135. The molecule has 1 aliphatic rings. The number of esters is 1. The SMILES string of the molecule is CCCCCCCCC=CCCCCCCCCNC(Nc1ccc(OC)cc1OC)=C1C(=O)COC1=O. The number of hydrogen-bond acceptors (Lipinski definition) is 7. The van der Waals surface area contributed by atoms with E-state index in [1.165, 1.54) is 77.0 Å². The van der Waals surface area contributed by atoms with Crippen LogP contribution >= 0.6 is 0 Å². The normalized spacial score (nSPS) is 14.6. The van der Waals surface area contributed by atoms with Gasteiger partial charge in [0.2, 0.25) is 5.78 Å². The third-order valence-corrected chi connectivity index (χ3v) is 6.73. The Hall–Kier alpha value is -2.96. The number of Topliss-reactive ketones (excluding diaryl/α,β-unsaturated/α-hetero) is 1. The first-order valence-corrected chi connectivity index (χ1v) is 14.4. The number of carbonyl (C=O) groups excluding carboxylic acids is 2. The van der Waals surface area contributed by atoms with Crippen molar-refractivity contribution in [2.75, 3.05) is 32.7 Å². The minimum Gasteiger partial charge on any atom is -0.497 e. The number of carbonyl (C=O) groups is 2. The largest absolute Gasteiger partial charge is 0.497 e. The lowest BCUT2D eigenvalue weighted by Gasteiger charge is -2.17. The molecule has 0 bridgehead atoms. The molecule has 1 aromatic carbocycles. The van der Waals surface area contributed by atoms with Gasteiger partial charge in [-0.15, -0.1) is 0 Å². The molecule has 0 spiro atoms. The maximum Gasteiger partial charge on any atom is 0.346 e. The van der Waals surface area contributed by atoms with Crippen LogP contribution in [0.1, 0.15) is 96.8 Å². The van der Waals surface area contributed by atoms with Gasteiger partial charge in [-0.25, -0.2) is 4.79 Å². The van der Waals surface area contributed by atoms with Gasteiger partial charge in [-0.05, 0) is 44.2 Å². The predicted molar refractivity (Wildman–Crippen MR) is 154 cm³/mol. The molecule has 7 heteroatoms. The lowest BCUT2D eigenvalue weighted by atomic mass is 10.1. The minimum absolute atomic E-state index is 0.0208. The van der Waals surface area contributed by atoms with Gasteiger partial charge in [0.05, 0.1) is 19.9 Å². The van der Waals surface area contributed by atoms with E-state index in [0.29, 0.717) is 29.6 Å². The molecule has 1 heterocycles. The van der Waals surface area contributed by atoms with Crippen LogP contribution in [0.3, 0.4) is 0 Å². The number of unbranched alkanes of at least 4 members (excludes halogenated alkanes) is 12. The molecule has 212 valence electrons. The molecule has 0 radical (unpaired) electrons. The summed E-state index contributed by atoms with van der Waals surface area (Å²) in [4.78, 5) is 24.5. The highest BCUT2D eigenvalue weighted by Gasteiger charge is 2.32. The van der Waals surface area contributed by atoms with Gasteiger partial charge in [-0.3, -0.25) is 4.79 Å². The topological polar surface area (TPSA) is 85.9 Å². The summed E-state index contributed by atoms with van der Waals surface area (Å²) in [5.41, 5.74) is 0.643. The summed E-state index contributed by atoms with van der Waals surface area (Å²) in [6, 6.07) is 5.31. The van der Waals surface area contributed by atoms with Crippen molar-refractivity contribution in [3.63, 3.8) is 0 Å². The first-order valence-electron chi connectivity index (χ1n) is 14.4. The van der Waals surface area contributed by atoms with E-state index in [9.17, 15) is 9.59 Å². The van der Waals surface area contributed by atoms with Crippen molar-refractivity contribution >= 4 is 17.4 Å². The van der Waals surface area contributed by atoms with Crippen LogP contribution in [0.5, 0.6) is 11.5 Å².